The second-order valence-corrected chi connectivity index (χ2v) is 3.11. The maximum absolute atomic E-state index is 5.42. The molecule has 0 atom stereocenters. The summed E-state index contributed by atoms with van der Waals surface area (Å²) >= 11 is 0. The summed E-state index contributed by atoms with van der Waals surface area (Å²) < 4.78 is 10.8. The first-order chi connectivity index (χ1) is 5.56. The van der Waals surface area contributed by atoms with Crippen LogP contribution in [0.4, 0.5) is 0 Å². The molecule has 0 heterocycles. The zero-order valence-electron chi connectivity index (χ0n) is 8.33. The van der Waals surface area contributed by atoms with Gasteiger partial charge >= 0.3 is 7.12 Å². The van der Waals surface area contributed by atoms with E-state index in [-0.39, 0.29) is 19.3 Å². The topological polar surface area (TPSA) is 18.5 Å². The fraction of sp³-hybridized carbons (Fsp3) is 0.667. The highest BCUT2D eigenvalue weighted by molar-refractivity contribution is 6.50. The molecule has 68 valence electrons. The molecule has 0 spiro atoms. The standard InChI is InChI=1S/C9H17BO2/c1-6-7-10(11-8(2)3)12-9(4)5/h7-9H,1H2,2-5H3. The highest BCUT2D eigenvalue weighted by Gasteiger charge is 2.17. The second kappa shape index (κ2) is 6.07. The molecule has 0 fully saturated rings. The van der Waals surface area contributed by atoms with E-state index in [1.807, 2.05) is 27.7 Å². The molecule has 3 heteroatoms. The zero-order chi connectivity index (χ0) is 9.56. The van der Waals surface area contributed by atoms with Crippen molar-refractivity contribution in [3.8, 4) is 0 Å². The Morgan fingerprint density at radius 3 is 1.83 bits per heavy atom. The fourth-order valence-electron chi connectivity index (χ4n) is 0.743. The van der Waals surface area contributed by atoms with Gasteiger partial charge in [0.05, 0.1) is 0 Å². The van der Waals surface area contributed by atoms with Gasteiger partial charge in [-0.05, 0) is 33.7 Å². The lowest BCUT2D eigenvalue weighted by molar-refractivity contribution is 0.138. The lowest BCUT2D eigenvalue weighted by atomic mass is 9.89. The van der Waals surface area contributed by atoms with Crippen LogP contribution in [-0.4, -0.2) is 19.3 Å². The highest BCUT2D eigenvalue weighted by atomic mass is 16.6. The van der Waals surface area contributed by atoms with Gasteiger partial charge in [-0.15, -0.1) is 5.73 Å². The van der Waals surface area contributed by atoms with Gasteiger partial charge in [0.25, 0.3) is 0 Å². The van der Waals surface area contributed by atoms with Gasteiger partial charge in [-0.1, -0.05) is 6.58 Å². The summed E-state index contributed by atoms with van der Waals surface area (Å²) in [6.45, 7) is 11.3. The Kier molecular flexibility index (Phi) is 5.82. The summed E-state index contributed by atoms with van der Waals surface area (Å²) in [6, 6.07) is 0. The molecule has 0 saturated carbocycles. The fourth-order valence-corrected chi connectivity index (χ4v) is 0.743. The van der Waals surface area contributed by atoms with Crippen LogP contribution >= 0.6 is 0 Å². The third kappa shape index (κ3) is 6.23. The average Bonchev–Trinajstić information content (AvgIpc) is 1.84. The maximum atomic E-state index is 5.42. The van der Waals surface area contributed by atoms with Crippen molar-refractivity contribution in [2.75, 3.05) is 0 Å². The minimum absolute atomic E-state index is 0.151. The number of rotatable bonds is 5. The first-order valence-electron chi connectivity index (χ1n) is 4.23. The molecule has 0 aromatic heterocycles. The molecule has 0 bridgehead atoms. The minimum Gasteiger partial charge on any atom is -0.405 e. The summed E-state index contributed by atoms with van der Waals surface area (Å²) in [6.07, 6.45) is 0.302. The van der Waals surface area contributed by atoms with Crippen LogP contribution in [0.3, 0.4) is 0 Å². The van der Waals surface area contributed by atoms with Crippen molar-refractivity contribution in [1.82, 2.24) is 0 Å². The van der Waals surface area contributed by atoms with E-state index in [0.717, 1.165) is 0 Å². The molecule has 0 aromatic rings. The molecule has 0 rings (SSSR count). The maximum Gasteiger partial charge on any atom is 0.494 e. The Morgan fingerprint density at radius 1 is 1.17 bits per heavy atom. The van der Waals surface area contributed by atoms with E-state index in [1.165, 1.54) is 0 Å². The van der Waals surface area contributed by atoms with Gasteiger partial charge in [0, 0.05) is 12.2 Å². The predicted molar refractivity (Wildman–Crippen MR) is 51.9 cm³/mol. The number of hydrogen-bond acceptors (Lipinski definition) is 2. The lowest BCUT2D eigenvalue weighted by Crippen LogP contribution is -2.27. The second-order valence-electron chi connectivity index (χ2n) is 3.11. The molecule has 12 heavy (non-hydrogen) atoms. The van der Waals surface area contributed by atoms with Crippen molar-refractivity contribution < 1.29 is 9.31 Å². The van der Waals surface area contributed by atoms with E-state index in [2.05, 4.69) is 12.3 Å². The quantitative estimate of drug-likeness (QED) is 0.462. The third-order valence-corrected chi connectivity index (χ3v) is 1.07. The average molecular weight is 168 g/mol. The van der Waals surface area contributed by atoms with Crippen molar-refractivity contribution in [3.63, 3.8) is 0 Å². The van der Waals surface area contributed by atoms with E-state index in [1.54, 1.807) is 5.98 Å². The summed E-state index contributed by atoms with van der Waals surface area (Å²) in [4.78, 5) is 0. The van der Waals surface area contributed by atoms with E-state index in [4.69, 9.17) is 9.31 Å². The van der Waals surface area contributed by atoms with Gasteiger partial charge in [0.15, 0.2) is 0 Å². The zero-order valence-corrected chi connectivity index (χ0v) is 8.33. The predicted octanol–water partition coefficient (Wildman–Crippen LogP) is 2.20. The molecule has 0 unspecified atom stereocenters. The lowest BCUT2D eigenvalue weighted by Gasteiger charge is -2.15. The molecular weight excluding hydrogens is 151 g/mol. The highest BCUT2D eigenvalue weighted by Crippen LogP contribution is 2.00. The van der Waals surface area contributed by atoms with Crippen molar-refractivity contribution in [2.24, 2.45) is 0 Å². The van der Waals surface area contributed by atoms with Gasteiger partial charge in [-0.2, -0.15) is 0 Å². The Morgan fingerprint density at radius 2 is 1.58 bits per heavy atom. The van der Waals surface area contributed by atoms with Crippen molar-refractivity contribution in [1.29, 1.82) is 0 Å². The van der Waals surface area contributed by atoms with Gasteiger partial charge < -0.3 is 9.31 Å². The van der Waals surface area contributed by atoms with Crippen LogP contribution < -0.4 is 0 Å². The largest absolute Gasteiger partial charge is 0.494 e. The Bertz CT molecular complexity index is 150. The monoisotopic (exact) mass is 168 g/mol. The van der Waals surface area contributed by atoms with Gasteiger partial charge in [-0.3, -0.25) is 0 Å². The Balaban J connectivity index is 3.95. The molecule has 0 aliphatic carbocycles. The van der Waals surface area contributed by atoms with Gasteiger partial charge in [0.1, 0.15) is 0 Å². The number of hydrogen-bond donors (Lipinski definition) is 0. The van der Waals surface area contributed by atoms with Crippen LogP contribution in [0.2, 0.25) is 0 Å². The smallest absolute Gasteiger partial charge is 0.405 e. The van der Waals surface area contributed by atoms with E-state index in [0.29, 0.717) is 0 Å². The SMILES string of the molecule is C=C=CB(OC(C)C)OC(C)C. The molecule has 0 aliphatic heterocycles. The van der Waals surface area contributed by atoms with E-state index >= 15 is 0 Å². The van der Waals surface area contributed by atoms with Crippen LogP contribution in [0.25, 0.3) is 0 Å². The first kappa shape index (κ1) is 11.5. The Labute approximate surface area is 75.4 Å². The van der Waals surface area contributed by atoms with Crippen LogP contribution in [0.15, 0.2) is 18.3 Å². The van der Waals surface area contributed by atoms with E-state index < -0.39 is 0 Å². The third-order valence-electron chi connectivity index (χ3n) is 1.07. The molecule has 0 saturated heterocycles. The normalized spacial score (nSPS) is 10.2. The molecule has 0 amide bonds. The molecule has 2 nitrogen and oxygen atoms in total. The van der Waals surface area contributed by atoms with Gasteiger partial charge in [-0.25, -0.2) is 0 Å². The molecule has 0 N–H and O–H groups in total. The summed E-state index contributed by atoms with van der Waals surface area (Å²) in [7, 11) is -0.317. The molecular formula is C9H17BO2. The van der Waals surface area contributed by atoms with Crippen LogP contribution in [0, 0.1) is 0 Å². The molecule has 0 aromatic carbocycles. The molecule has 0 aliphatic rings. The van der Waals surface area contributed by atoms with Gasteiger partial charge in [0.2, 0.25) is 0 Å². The van der Waals surface area contributed by atoms with Crippen LogP contribution in [0.5, 0.6) is 0 Å². The van der Waals surface area contributed by atoms with E-state index in [9.17, 15) is 0 Å². The van der Waals surface area contributed by atoms with Crippen molar-refractivity contribution in [3.05, 3.63) is 18.3 Å². The van der Waals surface area contributed by atoms with Crippen LogP contribution in [-0.2, 0) is 9.31 Å². The summed E-state index contributed by atoms with van der Waals surface area (Å²) in [5, 5.41) is 0. The molecule has 0 radical (unpaired) electrons. The Hall–Kier alpha value is -0.495. The minimum atomic E-state index is -0.317. The van der Waals surface area contributed by atoms with Crippen molar-refractivity contribution in [2.45, 2.75) is 39.9 Å². The first-order valence-corrected chi connectivity index (χ1v) is 4.23. The van der Waals surface area contributed by atoms with Crippen molar-refractivity contribution >= 4 is 7.12 Å². The summed E-state index contributed by atoms with van der Waals surface area (Å²) in [5.74, 6) is 1.68. The van der Waals surface area contributed by atoms with Crippen LogP contribution in [0.1, 0.15) is 27.7 Å². The summed E-state index contributed by atoms with van der Waals surface area (Å²) in [5.41, 5.74) is 2.65.